The summed E-state index contributed by atoms with van der Waals surface area (Å²) in [4.78, 5) is 0.591. The number of methoxy groups -OCH3 is 2. The third-order valence-corrected chi connectivity index (χ3v) is 4.18. The van der Waals surface area contributed by atoms with Crippen LogP contribution in [0.15, 0.2) is 17.0 Å². The van der Waals surface area contributed by atoms with Gasteiger partial charge in [0, 0.05) is 18.4 Å². The van der Waals surface area contributed by atoms with Crippen LogP contribution in [0, 0.1) is 0 Å². The molecular formula is C13H21NO4S. The van der Waals surface area contributed by atoms with E-state index in [9.17, 15) is 4.21 Å². The van der Waals surface area contributed by atoms with Crippen molar-refractivity contribution in [3.63, 3.8) is 0 Å². The fraction of sp³-hybridized carbons (Fsp3) is 0.538. The van der Waals surface area contributed by atoms with E-state index in [0.29, 0.717) is 41.5 Å². The average Bonchev–Trinajstić information content (AvgIpc) is 2.44. The van der Waals surface area contributed by atoms with Crippen molar-refractivity contribution in [2.75, 3.05) is 33.1 Å². The molecule has 0 aliphatic heterocycles. The molecular weight excluding hydrogens is 266 g/mol. The average molecular weight is 287 g/mol. The Morgan fingerprint density at radius 3 is 2.47 bits per heavy atom. The lowest BCUT2D eigenvalue weighted by atomic mass is 10.1. The Labute approximate surface area is 116 Å². The lowest BCUT2D eigenvalue weighted by molar-refractivity contribution is 0.296. The molecule has 0 radical (unpaired) electrons. The first kappa shape index (κ1) is 15.9. The lowest BCUT2D eigenvalue weighted by Crippen LogP contribution is -2.07. The van der Waals surface area contributed by atoms with Gasteiger partial charge in [0.1, 0.15) is 11.5 Å². The summed E-state index contributed by atoms with van der Waals surface area (Å²) in [6, 6.07) is 3.55. The second kappa shape index (κ2) is 8.14. The Hall–Kier alpha value is -1.11. The normalized spacial score (nSPS) is 12.2. The molecule has 1 aromatic carbocycles. The van der Waals surface area contributed by atoms with Crippen molar-refractivity contribution in [3.8, 4) is 11.5 Å². The minimum Gasteiger partial charge on any atom is -0.496 e. The Bertz CT molecular complexity index is 437. The largest absolute Gasteiger partial charge is 0.496 e. The van der Waals surface area contributed by atoms with E-state index in [1.807, 2.05) is 6.07 Å². The van der Waals surface area contributed by atoms with E-state index in [2.05, 4.69) is 0 Å². The second-order valence-corrected chi connectivity index (χ2v) is 5.52. The van der Waals surface area contributed by atoms with Crippen molar-refractivity contribution in [1.82, 2.24) is 0 Å². The molecule has 6 heteroatoms. The van der Waals surface area contributed by atoms with Gasteiger partial charge in [-0.25, -0.2) is 0 Å². The van der Waals surface area contributed by atoms with Gasteiger partial charge < -0.3 is 20.3 Å². The molecule has 1 aromatic rings. The quantitative estimate of drug-likeness (QED) is 0.735. The van der Waals surface area contributed by atoms with Gasteiger partial charge in [0.15, 0.2) is 0 Å². The third kappa shape index (κ3) is 4.19. The van der Waals surface area contributed by atoms with Gasteiger partial charge in [0.25, 0.3) is 0 Å². The fourth-order valence-corrected chi connectivity index (χ4v) is 2.98. The molecule has 0 amide bonds. The van der Waals surface area contributed by atoms with Crippen LogP contribution in [0.4, 0.5) is 0 Å². The molecule has 3 N–H and O–H groups in total. The first-order valence-corrected chi connectivity index (χ1v) is 7.44. The summed E-state index contributed by atoms with van der Waals surface area (Å²) in [6.45, 7) is 0.531. The predicted molar refractivity (Wildman–Crippen MR) is 75.3 cm³/mol. The van der Waals surface area contributed by atoms with Crippen LogP contribution in [0.5, 0.6) is 11.5 Å². The summed E-state index contributed by atoms with van der Waals surface area (Å²) in [5.74, 6) is 1.63. The van der Waals surface area contributed by atoms with Crippen LogP contribution in [0.25, 0.3) is 0 Å². The summed E-state index contributed by atoms with van der Waals surface area (Å²) in [6.07, 6.45) is 1.16. The van der Waals surface area contributed by atoms with Crippen LogP contribution in [-0.2, 0) is 17.2 Å². The molecule has 1 rings (SSSR count). The van der Waals surface area contributed by atoms with Crippen LogP contribution in [0.3, 0.4) is 0 Å². The topological polar surface area (TPSA) is 81.8 Å². The molecule has 0 saturated carbocycles. The van der Waals surface area contributed by atoms with E-state index < -0.39 is 10.8 Å². The number of benzene rings is 1. The molecule has 0 fully saturated rings. The van der Waals surface area contributed by atoms with E-state index >= 15 is 0 Å². The Morgan fingerprint density at radius 2 is 1.95 bits per heavy atom. The molecule has 0 aromatic heterocycles. The van der Waals surface area contributed by atoms with Gasteiger partial charge in [-0.15, -0.1) is 0 Å². The fourth-order valence-electron chi connectivity index (χ4n) is 1.77. The molecule has 0 aliphatic rings. The molecule has 0 aliphatic carbocycles. The van der Waals surface area contributed by atoms with E-state index in [1.165, 1.54) is 0 Å². The van der Waals surface area contributed by atoms with Gasteiger partial charge in [0.2, 0.25) is 0 Å². The zero-order valence-electron chi connectivity index (χ0n) is 11.3. The van der Waals surface area contributed by atoms with E-state index in [4.69, 9.17) is 20.3 Å². The molecule has 0 heterocycles. The predicted octanol–water partition coefficient (Wildman–Crippen LogP) is 0.695. The summed E-state index contributed by atoms with van der Waals surface area (Å²) in [5, 5.41) is 8.80. The van der Waals surface area contributed by atoms with E-state index in [1.54, 1.807) is 20.3 Å². The van der Waals surface area contributed by atoms with Gasteiger partial charge in [-0.2, -0.15) is 0 Å². The van der Waals surface area contributed by atoms with Crippen molar-refractivity contribution < 1.29 is 18.8 Å². The molecule has 108 valence electrons. The minimum absolute atomic E-state index is 0.0243. The van der Waals surface area contributed by atoms with Gasteiger partial charge in [-0.1, -0.05) is 0 Å². The van der Waals surface area contributed by atoms with Crippen LogP contribution in [-0.4, -0.2) is 42.4 Å². The lowest BCUT2D eigenvalue weighted by Gasteiger charge is -2.14. The molecule has 5 nitrogen and oxygen atoms in total. The highest BCUT2D eigenvalue weighted by atomic mass is 32.2. The summed E-state index contributed by atoms with van der Waals surface area (Å²) >= 11 is 0. The van der Waals surface area contributed by atoms with Crippen molar-refractivity contribution in [1.29, 1.82) is 0 Å². The van der Waals surface area contributed by atoms with E-state index in [-0.39, 0.29) is 6.61 Å². The van der Waals surface area contributed by atoms with E-state index in [0.717, 1.165) is 5.56 Å². The number of hydrogen-bond acceptors (Lipinski definition) is 5. The molecule has 19 heavy (non-hydrogen) atoms. The van der Waals surface area contributed by atoms with Crippen molar-refractivity contribution >= 4 is 10.8 Å². The highest BCUT2D eigenvalue weighted by molar-refractivity contribution is 7.85. The number of rotatable bonds is 8. The Kier molecular flexibility index (Phi) is 6.83. The zero-order chi connectivity index (χ0) is 14.3. The van der Waals surface area contributed by atoms with Gasteiger partial charge in [-0.05, 0) is 31.0 Å². The van der Waals surface area contributed by atoms with Crippen LogP contribution >= 0.6 is 0 Å². The zero-order valence-corrected chi connectivity index (χ0v) is 12.2. The third-order valence-electron chi connectivity index (χ3n) is 2.71. The smallest absolute Gasteiger partial charge is 0.135 e. The van der Waals surface area contributed by atoms with Gasteiger partial charge in [0.05, 0.1) is 29.9 Å². The summed E-state index contributed by atoms with van der Waals surface area (Å²) in [7, 11) is 1.90. The summed E-state index contributed by atoms with van der Waals surface area (Å²) in [5.41, 5.74) is 6.49. The molecule has 1 atom stereocenters. The highest BCUT2D eigenvalue weighted by Crippen LogP contribution is 2.31. The first-order valence-electron chi connectivity index (χ1n) is 6.12. The Morgan fingerprint density at radius 1 is 1.26 bits per heavy atom. The molecule has 0 spiro atoms. The maximum Gasteiger partial charge on any atom is 0.135 e. The number of ether oxygens (including phenoxy) is 2. The molecule has 0 bridgehead atoms. The van der Waals surface area contributed by atoms with Crippen LogP contribution < -0.4 is 15.2 Å². The Balaban J connectivity index is 3.12. The maximum absolute atomic E-state index is 12.2. The standard InChI is InChI=1S/C13H21NO4S/c1-17-11-9-13(19(16)7-3-6-15)12(18-2)8-10(11)4-5-14/h8-9,15H,3-7,14H2,1-2H3. The van der Waals surface area contributed by atoms with Crippen molar-refractivity contribution in [3.05, 3.63) is 17.7 Å². The SMILES string of the molecule is COc1cc(S(=O)CCCO)c(OC)cc1CCN. The van der Waals surface area contributed by atoms with Gasteiger partial charge in [-0.3, -0.25) is 4.21 Å². The first-order chi connectivity index (χ1) is 9.17. The number of hydrogen-bond donors (Lipinski definition) is 2. The second-order valence-electron chi connectivity index (χ2n) is 3.98. The molecule has 1 unspecified atom stereocenters. The minimum atomic E-state index is -1.22. The summed E-state index contributed by atoms with van der Waals surface area (Å²) < 4.78 is 22.7. The highest BCUT2D eigenvalue weighted by Gasteiger charge is 2.15. The maximum atomic E-state index is 12.2. The van der Waals surface area contributed by atoms with Gasteiger partial charge >= 0.3 is 0 Å². The van der Waals surface area contributed by atoms with Crippen molar-refractivity contribution in [2.24, 2.45) is 5.73 Å². The number of aliphatic hydroxyl groups excluding tert-OH is 1. The van der Waals surface area contributed by atoms with Crippen molar-refractivity contribution in [2.45, 2.75) is 17.7 Å². The number of nitrogens with two attached hydrogens (primary N) is 1. The van der Waals surface area contributed by atoms with Crippen LogP contribution in [0.2, 0.25) is 0 Å². The number of aliphatic hydroxyl groups is 1. The molecule has 0 saturated heterocycles. The monoisotopic (exact) mass is 287 g/mol. The van der Waals surface area contributed by atoms with Crippen LogP contribution in [0.1, 0.15) is 12.0 Å².